The lowest BCUT2D eigenvalue weighted by Crippen LogP contribution is -2.16. The third kappa shape index (κ3) is 2.18. The molecular formula is C12H11ClN2O2. The Bertz CT molecular complexity index is 541. The molecule has 4 nitrogen and oxygen atoms in total. The molecule has 0 amide bonds. The second-order valence-electron chi connectivity index (χ2n) is 3.92. The molecule has 1 unspecified atom stereocenters. The monoisotopic (exact) mass is 250 g/mol. The molecule has 1 fully saturated rings. The molecule has 5 heteroatoms. The van der Waals surface area contributed by atoms with Gasteiger partial charge in [0, 0.05) is 6.42 Å². The lowest BCUT2D eigenvalue weighted by atomic mass is 10.2. The molecule has 2 heterocycles. The summed E-state index contributed by atoms with van der Waals surface area (Å²) in [5, 5.41) is 1.08. The lowest BCUT2D eigenvalue weighted by molar-refractivity contribution is 0.139. The summed E-state index contributed by atoms with van der Waals surface area (Å²) in [5.74, 6) is 0.538. The molecule has 17 heavy (non-hydrogen) atoms. The summed E-state index contributed by atoms with van der Waals surface area (Å²) >= 11 is 5.88. The smallest absolute Gasteiger partial charge is 0.226 e. The van der Waals surface area contributed by atoms with Gasteiger partial charge in [-0.2, -0.15) is 4.98 Å². The summed E-state index contributed by atoms with van der Waals surface area (Å²) in [6.45, 7) is 1.34. The molecule has 0 spiro atoms. The van der Waals surface area contributed by atoms with Crippen LogP contribution in [0.15, 0.2) is 24.3 Å². The van der Waals surface area contributed by atoms with E-state index in [-0.39, 0.29) is 11.4 Å². The number of halogens is 1. The van der Waals surface area contributed by atoms with Gasteiger partial charge in [-0.3, -0.25) is 0 Å². The van der Waals surface area contributed by atoms with Gasteiger partial charge in [0.2, 0.25) is 11.2 Å². The van der Waals surface area contributed by atoms with Gasteiger partial charge in [0.25, 0.3) is 0 Å². The van der Waals surface area contributed by atoms with Crippen molar-refractivity contribution in [2.75, 3.05) is 13.2 Å². The maximum Gasteiger partial charge on any atom is 0.226 e. The van der Waals surface area contributed by atoms with Gasteiger partial charge in [0.15, 0.2) is 0 Å². The molecule has 0 N–H and O–H groups in total. The molecule has 1 aliphatic rings. The van der Waals surface area contributed by atoms with Crippen molar-refractivity contribution in [1.29, 1.82) is 0 Å². The van der Waals surface area contributed by atoms with Gasteiger partial charge in [-0.15, -0.1) is 0 Å². The Hall–Kier alpha value is -1.39. The maximum atomic E-state index is 5.88. The highest BCUT2D eigenvalue weighted by Crippen LogP contribution is 2.25. The van der Waals surface area contributed by atoms with Gasteiger partial charge in [-0.05, 0) is 23.7 Å². The predicted octanol–water partition coefficient (Wildman–Crippen LogP) is 2.45. The van der Waals surface area contributed by atoms with Crippen molar-refractivity contribution in [3.63, 3.8) is 0 Å². The van der Waals surface area contributed by atoms with Gasteiger partial charge in [-0.1, -0.05) is 12.1 Å². The first kappa shape index (κ1) is 10.7. The third-order valence-corrected chi connectivity index (χ3v) is 2.88. The van der Waals surface area contributed by atoms with Crippen LogP contribution in [0.2, 0.25) is 5.28 Å². The molecule has 0 aliphatic carbocycles. The van der Waals surface area contributed by atoms with Crippen molar-refractivity contribution in [3.8, 4) is 5.88 Å². The highest BCUT2D eigenvalue weighted by molar-refractivity contribution is 6.28. The Morgan fingerprint density at radius 2 is 2.18 bits per heavy atom. The molecular weight excluding hydrogens is 240 g/mol. The number of para-hydroxylation sites is 1. The van der Waals surface area contributed by atoms with Crippen LogP contribution in [-0.4, -0.2) is 29.3 Å². The zero-order valence-corrected chi connectivity index (χ0v) is 9.85. The molecule has 1 aromatic carbocycles. The molecule has 1 aliphatic heterocycles. The zero-order chi connectivity index (χ0) is 11.7. The summed E-state index contributed by atoms with van der Waals surface area (Å²) in [6.07, 6.45) is 0.944. The van der Waals surface area contributed by atoms with Crippen molar-refractivity contribution in [2.24, 2.45) is 0 Å². The van der Waals surface area contributed by atoms with E-state index in [0.29, 0.717) is 12.5 Å². The van der Waals surface area contributed by atoms with Gasteiger partial charge < -0.3 is 9.47 Å². The summed E-state index contributed by atoms with van der Waals surface area (Å²) in [4.78, 5) is 8.30. The number of benzene rings is 1. The Balaban J connectivity index is 2.01. The van der Waals surface area contributed by atoms with Crippen LogP contribution in [0.3, 0.4) is 0 Å². The summed E-state index contributed by atoms with van der Waals surface area (Å²) < 4.78 is 11.1. The minimum Gasteiger partial charge on any atom is -0.471 e. The Kier molecular flexibility index (Phi) is 2.82. The average Bonchev–Trinajstić information content (AvgIpc) is 2.81. The lowest BCUT2D eigenvalue weighted by Gasteiger charge is -2.12. The molecule has 0 radical (unpaired) electrons. The molecule has 1 saturated heterocycles. The molecule has 88 valence electrons. The Labute approximate surface area is 104 Å². The fourth-order valence-electron chi connectivity index (χ4n) is 1.87. The first-order chi connectivity index (χ1) is 8.33. The van der Waals surface area contributed by atoms with Crippen LogP contribution in [0.25, 0.3) is 10.9 Å². The second kappa shape index (κ2) is 4.47. The standard InChI is InChI=1S/C12H11ClN2O2/c13-12-14-10-4-2-1-3-9(10)11(15-12)17-8-5-6-16-7-8/h1-4,8H,5-7H2. The van der Waals surface area contributed by atoms with Gasteiger partial charge in [-0.25, -0.2) is 4.98 Å². The minimum absolute atomic E-state index is 0.0596. The van der Waals surface area contributed by atoms with E-state index < -0.39 is 0 Å². The summed E-state index contributed by atoms with van der Waals surface area (Å²) in [5.41, 5.74) is 0.793. The van der Waals surface area contributed by atoms with Gasteiger partial charge >= 0.3 is 0 Å². The molecule has 2 aromatic rings. The van der Waals surface area contributed by atoms with E-state index in [1.54, 1.807) is 0 Å². The molecule has 3 rings (SSSR count). The topological polar surface area (TPSA) is 44.2 Å². The van der Waals surface area contributed by atoms with E-state index in [1.165, 1.54) is 0 Å². The summed E-state index contributed by atoms with van der Waals surface area (Å²) in [6, 6.07) is 7.66. The first-order valence-electron chi connectivity index (χ1n) is 5.49. The highest BCUT2D eigenvalue weighted by Gasteiger charge is 2.19. The van der Waals surface area contributed by atoms with Crippen molar-refractivity contribution < 1.29 is 9.47 Å². The highest BCUT2D eigenvalue weighted by atomic mass is 35.5. The van der Waals surface area contributed by atoms with E-state index in [4.69, 9.17) is 21.1 Å². The van der Waals surface area contributed by atoms with E-state index in [0.717, 1.165) is 23.9 Å². The van der Waals surface area contributed by atoms with Crippen molar-refractivity contribution in [3.05, 3.63) is 29.5 Å². The third-order valence-electron chi connectivity index (χ3n) is 2.71. The number of aromatic nitrogens is 2. The Morgan fingerprint density at radius 3 is 3.00 bits per heavy atom. The normalized spacial score (nSPS) is 19.7. The fourth-order valence-corrected chi connectivity index (χ4v) is 2.04. The van der Waals surface area contributed by atoms with Crippen LogP contribution in [-0.2, 0) is 4.74 Å². The number of hydrogen-bond acceptors (Lipinski definition) is 4. The average molecular weight is 251 g/mol. The van der Waals surface area contributed by atoms with E-state index in [2.05, 4.69) is 9.97 Å². The van der Waals surface area contributed by atoms with Gasteiger partial charge in [0.1, 0.15) is 6.10 Å². The number of ether oxygens (including phenoxy) is 2. The van der Waals surface area contributed by atoms with Crippen LogP contribution in [0.4, 0.5) is 0 Å². The van der Waals surface area contributed by atoms with Crippen LogP contribution in [0, 0.1) is 0 Å². The van der Waals surface area contributed by atoms with Gasteiger partial charge in [0.05, 0.1) is 24.1 Å². The zero-order valence-electron chi connectivity index (χ0n) is 9.10. The number of hydrogen-bond donors (Lipinski definition) is 0. The summed E-state index contributed by atoms with van der Waals surface area (Å²) in [7, 11) is 0. The van der Waals surface area contributed by atoms with E-state index in [1.807, 2.05) is 24.3 Å². The number of fused-ring (bicyclic) bond motifs is 1. The largest absolute Gasteiger partial charge is 0.471 e. The number of nitrogens with zero attached hydrogens (tertiary/aromatic N) is 2. The predicted molar refractivity (Wildman–Crippen MR) is 64.4 cm³/mol. The van der Waals surface area contributed by atoms with Crippen LogP contribution >= 0.6 is 11.6 Å². The molecule has 1 aromatic heterocycles. The van der Waals surface area contributed by atoms with Crippen LogP contribution in [0.1, 0.15) is 6.42 Å². The van der Waals surface area contributed by atoms with Crippen LogP contribution < -0.4 is 4.74 Å². The van der Waals surface area contributed by atoms with Crippen molar-refractivity contribution in [2.45, 2.75) is 12.5 Å². The first-order valence-corrected chi connectivity index (χ1v) is 5.87. The quantitative estimate of drug-likeness (QED) is 0.768. The van der Waals surface area contributed by atoms with Crippen molar-refractivity contribution in [1.82, 2.24) is 9.97 Å². The Morgan fingerprint density at radius 1 is 1.29 bits per heavy atom. The van der Waals surface area contributed by atoms with Crippen LogP contribution in [0.5, 0.6) is 5.88 Å². The molecule has 0 bridgehead atoms. The second-order valence-corrected chi connectivity index (χ2v) is 4.26. The fraction of sp³-hybridized carbons (Fsp3) is 0.333. The van der Waals surface area contributed by atoms with E-state index >= 15 is 0 Å². The number of rotatable bonds is 2. The van der Waals surface area contributed by atoms with Crippen molar-refractivity contribution >= 4 is 22.5 Å². The molecule has 0 saturated carbocycles. The SMILES string of the molecule is Clc1nc(OC2CCOC2)c2ccccc2n1. The van der Waals surface area contributed by atoms with E-state index in [9.17, 15) is 0 Å². The molecule has 1 atom stereocenters. The minimum atomic E-state index is 0.0596. The maximum absolute atomic E-state index is 5.88.